The molecule has 6 heterocycles. The fraction of sp³-hybridized carbons (Fsp3) is 0.424. The molecule has 81 heavy (non-hydrogen) atoms. The number of nitrogens with zero attached hydrogens (tertiary/aromatic N) is 4. The summed E-state index contributed by atoms with van der Waals surface area (Å²) >= 11 is 22.1. The van der Waals surface area contributed by atoms with Crippen LogP contribution in [0, 0.1) is 36.4 Å². The molecule has 4 unspecified atom stereocenters. The van der Waals surface area contributed by atoms with Gasteiger partial charge in [0.25, 0.3) is 0 Å². The highest BCUT2D eigenvalue weighted by Crippen LogP contribution is 2.54. The van der Waals surface area contributed by atoms with E-state index in [4.69, 9.17) is 67.8 Å². The molecule has 6 fully saturated rings. The normalized spacial score (nSPS) is 26.2. The van der Waals surface area contributed by atoms with Gasteiger partial charge in [-0.15, -0.1) is 22.7 Å². The van der Waals surface area contributed by atoms with Crippen LogP contribution in [-0.4, -0.2) is 91.3 Å². The molecule has 4 aromatic carbocycles. The second-order valence-electron chi connectivity index (χ2n) is 22.3. The Balaban J connectivity index is 0.000000153. The maximum absolute atomic E-state index is 14.7. The summed E-state index contributed by atoms with van der Waals surface area (Å²) in [7, 11) is 0. The zero-order chi connectivity index (χ0) is 56.1. The van der Waals surface area contributed by atoms with Crippen LogP contribution in [-0.2, 0) is 43.4 Å². The van der Waals surface area contributed by atoms with Crippen LogP contribution in [0.5, 0.6) is 0 Å². The highest BCUT2D eigenvalue weighted by atomic mass is 35.5. The van der Waals surface area contributed by atoms with Crippen molar-refractivity contribution in [3.63, 3.8) is 0 Å². The van der Waals surface area contributed by atoms with Crippen LogP contribution >= 0.6 is 57.5 Å². The number of fused-ring (bicyclic) bond motifs is 6. The zero-order valence-electron chi connectivity index (χ0n) is 43.5. The first-order valence-corrected chi connectivity index (χ1v) is 29.8. The second-order valence-corrected chi connectivity index (χ2v) is 25.6. The SMILES string of the molecule is Cc1cccc(Cl)c1-c1noc(C2CC2)c1COC1CC2COCC(C1)C2(O)c1nc2ccc(C(=O)O)cc2s1.O=C(O)c1cc(F)c2nc(C3(O)C4COCC3CC(OCc3c(-c5c(Cl)cccc5Cl)noc3C3CC3)C4)sc2c1. The van der Waals surface area contributed by atoms with Crippen molar-refractivity contribution in [3.8, 4) is 22.5 Å². The molecule has 4 atom stereocenters. The van der Waals surface area contributed by atoms with Gasteiger partial charge in [0.2, 0.25) is 0 Å². The molecule has 2 aliphatic heterocycles. The van der Waals surface area contributed by atoms with Gasteiger partial charge in [0.1, 0.15) is 49.6 Å². The van der Waals surface area contributed by atoms with Crippen LogP contribution in [0.4, 0.5) is 4.39 Å². The lowest BCUT2D eigenvalue weighted by molar-refractivity contribution is -0.209. The molecular formula is C59H54Cl3FN4O12S2. The van der Waals surface area contributed by atoms with Gasteiger partial charge in [0.15, 0.2) is 5.82 Å². The Kier molecular flexibility index (Phi) is 14.6. The summed E-state index contributed by atoms with van der Waals surface area (Å²) in [5.41, 5.74) is 3.95. The molecule has 4 aromatic heterocycles. The van der Waals surface area contributed by atoms with Crippen LogP contribution in [0.1, 0.15) is 122 Å². The highest BCUT2D eigenvalue weighted by molar-refractivity contribution is 7.19. The number of benzene rings is 4. The lowest BCUT2D eigenvalue weighted by Gasteiger charge is -2.50. The van der Waals surface area contributed by atoms with Crippen LogP contribution in [0.2, 0.25) is 15.1 Å². The predicted molar refractivity (Wildman–Crippen MR) is 300 cm³/mol. The lowest BCUT2D eigenvalue weighted by atomic mass is 9.66. The molecule has 0 radical (unpaired) electrons. The van der Waals surface area contributed by atoms with E-state index >= 15 is 0 Å². The number of aryl methyl sites for hydroxylation is 1. The van der Waals surface area contributed by atoms with Gasteiger partial charge in [0.05, 0.1) is 93.0 Å². The summed E-state index contributed by atoms with van der Waals surface area (Å²) in [5.74, 6) is -1.65. The first-order chi connectivity index (χ1) is 39.1. The van der Waals surface area contributed by atoms with E-state index in [1.807, 2.05) is 25.1 Å². The number of halogens is 4. The third-order valence-electron chi connectivity index (χ3n) is 17.1. The number of ether oxygens (including phenoxy) is 4. The maximum Gasteiger partial charge on any atom is 0.335 e. The quantitative estimate of drug-likeness (QED) is 0.0793. The highest BCUT2D eigenvalue weighted by Gasteiger charge is 2.56. The fourth-order valence-corrected chi connectivity index (χ4v) is 15.9. The second kappa shape index (κ2) is 21.6. The molecule has 16 nitrogen and oxygen atoms in total. The summed E-state index contributed by atoms with van der Waals surface area (Å²) in [4.78, 5) is 32.1. The number of aliphatic hydroxyl groups is 2. The minimum atomic E-state index is -1.34. The standard InChI is InChI=1S/C30H29ClN2O6S.C29H25Cl2FN2O6S/c1-15-3-2-4-22(31)25(15)26-21(27(39-33-26)16-5-6-16)14-38-20-10-18-12-37-13-19(11-20)30(18,36)29-32-23-8-7-17(28(34)35)9-24(23)40-29;30-19-2-1-3-20(31)23(19)24-18(26(40-34-24)13-4-5-13)12-39-17-8-15-10-38-11-16(9-17)29(15,37)28-33-25-21(32)6-14(27(35)36)7-22(25)41-28/h2-4,7-9,16,18-20,36H,5-6,10-14H2,1H3,(H,34,35);1-3,6-7,13,15-17,37H,4-5,8-12H2,(H,35,36). The minimum Gasteiger partial charge on any atom is -0.478 e. The van der Waals surface area contributed by atoms with E-state index in [-0.39, 0.29) is 59.1 Å². The summed E-state index contributed by atoms with van der Waals surface area (Å²) < 4.78 is 52.2. The van der Waals surface area contributed by atoms with Crippen molar-refractivity contribution in [1.82, 2.24) is 20.3 Å². The number of carbonyl (C=O) groups is 2. The van der Waals surface area contributed by atoms with Gasteiger partial charge in [-0.3, -0.25) is 0 Å². The summed E-state index contributed by atoms with van der Waals surface area (Å²) in [5, 5.41) is 54.2. The van der Waals surface area contributed by atoms with Gasteiger partial charge in [-0.05, 0) is 112 Å². The molecule has 4 N–H and O–H groups in total. The minimum absolute atomic E-state index is 0.0617. The van der Waals surface area contributed by atoms with Gasteiger partial charge in [0, 0.05) is 57.8 Å². The molecule has 14 rings (SSSR count). The predicted octanol–water partition coefficient (Wildman–Crippen LogP) is 13.1. The maximum atomic E-state index is 14.7. The number of aromatic nitrogens is 4. The van der Waals surface area contributed by atoms with E-state index in [9.17, 15) is 34.4 Å². The summed E-state index contributed by atoms with van der Waals surface area (Å²) in [6.07, 6.45) is 6.18. The molecule has 0 amide bonds. The average molecular weight is 1200 g/mol. The average Bonchev–Trinajstić information content (AvgIpc) is 4.47. The van der Waals surface area contributed by atoms with Crippen LogP contribution in [0.15, 0.2) is 75.8 Å². The smallest absolute Gasteiger partial charge is 0.335 e. The number of carboxylic acid groups (broad SMARTS) is 2. The van der Waals surface area contributed by atoms with E-state index in [2.05, 4.69) is 15.3 Å². The van der Waals surface area contributed by atoms with E-state index < -0.39 is 29.0 Å². The molecule has 4 aliphatic carbocycles. The first-order valence-electron chi connectivity index (χ1n) is 27.0. The zero-order valence-corrected chi connectivity index (χ0v) is 47.4. The van der Waals surface area contributed by atoms with Crippen LogP contribution in [0.3, 0.4) is 0 Å². The summed E-state index contributed by atoms with van der Waals surface area (Å²) in [6, 6.07) is 18.3. The Labute approximate surface area is 486 Å². The lowest BCUT2D eigenvalue weighted by Crippen LogP contribution is -2.55. The molecule has 6 aliphatic rings. The molecular weight excluding hydrogens is 1150 g/mol. The van der Waals surface area contributed by atoms with Crippen molar-refractivity contribution in [2.24, 2.45) is 23.7 Å². The van der Waals surface area contributed by atoms with Gasteiger partial charge >= 0.3 is 11.9 Å². The van der Waals surface area contributed by atoms with Crippen molar-refractivity contribution in [1.29, 1.82) is 0 Å². The van der Waals surface area contributed by atoms with Crippen molar-refractivity contribution in [2.45, 2.75) is 107 Å². The number of rotatable bonds is 14. The third-order valence-corrected chi connectivity index (χ3v) is 20.3. The Bertz CT molecular complexity index is 3700. The molecule has 8 aromatic rings. The first kappa shape index (κ1) is 54.8. The Morgan fingerprint density at radius 3 is 1.62 bits per heavy atom. The van der Waals surface area contributed by atoms with Crippen molar-refractivity contribution >= 4 is 89.8 Å². The number of aromatic carboxylic acids is 2. The van der Waals surface area contributed by atoms with E-state index in [1.54, 1.807) is 36.4 Å². The third kappa shape index (κ3) is 10.1. The Morgan fingerprint density at radius 2 is 1.11 bits per heavy atom. The Morgan fingerprint density at radius 1 is 0.642 bits per heavy atom. The molecule has 422 valence electrons. The van der Waals surface area contributed by atoms with Crippen molar-refractivity contribution < 1.29 is 62.4 Å². The number of thiazole rings is 2. The van der Waals surface area contributed by atoms with E-state index in [0.29, 0.717) is 117 Å². The molecule has 4 bridgehead atoms. The topological polar surface area (TPSA) is 230 Å². The number of carboxylic acids is 2. The van der Waals surface area contributed by atoms with Crippen molar-refractivity contribution in [2.75, 3.05) is 26.4 Å². The fourth-order valence-electron chi connectivity index (χ4n) is 12.5. The van der Waals surface area contributed by atoms with E-state index in [1.165, 1.54) is 17.4 Å². The Hall–Kier alpha value is -5.42. The number of hydrogen-bond acceptors (Lipinski definition) is 16. The monoisotopic (exact) mass is 1200 g/mol. The molecule has 0 spiro atoms. The number of hydrogen-bond donors (Lipinski definition) is 4. The van der Waals surface area contributed by atoms with Crippen LogP contribution < -0.4 is 0 Å². The molecule has 2 saturated heterocycles. The molecule has 22 heteroatoms. The van der Waals surface area contributed by atoms with Crippen molar-refractivity contribution in [3.05, 3.63) is 137 Å². The largest absolute Gasteiger partial charge is 0.478 e. The van der Waals surface area contributed by atoms with Gasteiger partial charge in [-0.25, -0.2) is 23.9 Å². The van der Waals surface area contributed by atoms with Crippen LogP contribution in [0.25, 0.3) is 42.9 Å². The van der Waals surface area contributed by atoms with E-state index in [0.717, 1.165) is 87.3 Å². The summed E-state index contributed by atoms with van der Waals surface area (Å²) in [6.45, 7) is 4.05. The van der Waals surface area contributed by atoms with Gasteiger partial charge in [-0.2, -0.15) is 0 Å². The van der Waals surface area contributed by atoms with Gasteiger partial charge in [-0.1, -0.05) is 63.3 Å². The van der Waals surface area contributed by atoms with Gasteiger partial charge < -0.3 is 48.4 Å². The molecule has 4 saturated carbocycles.